The third kappa shape index (κ3) is 1.26. The molecule has 1 aliphatic carbocycles. The molecule has 11 heavy (non-hydrogen) atoms. The van der Waals surface area contributed by atoms with Crippen molar-refractivity contribution in [3.8, 4) is 0 Å². The van der Waals surface area contributed by atoms with E-state index in [1.165, 1.54) is 36.1 Å². The molecule has 1 saturated carbocycles. The Morgan fingerprint density at radius 3 is 2.91 bits per heavy atom. The fourth-order valence-corrected chi connectivity index (χ4v) is 2.33. The molecule has 2 rings (SSSR count). The van der Waals surface area contributed by atoms with E-state index >= 15 is 0 Å². The van der Waals surface area contributed by atoms with Gasteiger partial charge in [0, 0.05) is 18.8 Å². The Labute approximate surface area is 67.5 Å². The van der Waals surface area contributed by atoms with Crippen molar-refractivity contribution in [2.45, 2.75) is 38.5 Å². The first-order chi connectivity index (χ1) is 5.38. The van der Waals surface area contributed by atoms with Crippen molar-refractivity contribution < 1.29 is 4.74 Å². The molecule has 0 amide bonds. The topological polar surface area (TPSA) is 26.1 Å². The number of hydroxylamine groups is 1. The highest BCUT2D eigenvalue weighted by Gasteiger charge is 2.29. The molecule has 0 N–H and O–H groups in total. The molecule has 2 aliphatic rings. The lowest BCUT2D eigenvalue weighted by molar-refractivity contribution is -0.460. The summed E-state index contributed by atoms with van der Waals surface area (Å²) in [6.07, 6.45) is 7.23. The molecular formula is C9H15NO. The summed E-state index contributed by atoms with van der Waals surface area (Å²) in [5.41, 5.74) is 1.21. The molecule has 1 fully saturated rings. The monoisotopic (exact) mass is 153 g/mol. The van der Waals surface area contributed by atoms with E-state index in [1.807, 2.05) is 0 Å². The van der Waals surface area contributed by atoms with Gasteiger partial charge in [0.15, 0.2) is 12.3 Å². The lowest BCUT2D eigenvalue weighted by Gasteiger charge is -2.07. The van der Waals surface area contributed by atoms with Crippen LogP contribution in [0.25, 0.3) is 0 Å². The van der Waals surface area contributed by atoms with Crippen LogP contribution in [0.1, 0.15) is 38.5 Å². The highest BCUT2D eigenvalue weighted by atomic mass is 16.5. The van der Waals surface area contributed by atoms with Crippen LogP contribution in [0.2, 0.25) is 0 Å². The van der Waals surface area contributed by atoms with E-state index in [0.717, 1.165) is 19.4 Å². The summed E-state index contributed by atoms with van der Waals surface area (Å²) in [6.45, 7) is 0.756. The maximum absolute atomic E-state index is 11.4. The van der Waals surface area contributed by atoms with Crippen molar-refractivity contribution in [3.63, 3.8) is 0 Å². The molecule has 1 heterocycles. The van der Waals surface area contributed by atoms with Gasteiger partial charge >= 0.3 is 0 Å². The predicted molar refractivity (Wildman–Crippen MR) is 44.7 cm³/mol. The SMILES string of the molecule is [O-][N+]1=C2CCCC2CCCC1. The van der Waals surface area contributed by atoms with Crippen LogP contribution < -0.4 is 0 Å². The zero-order chi connectivity index (χ0) is 7.68. The van der Waals surface area contributed by atoms with Crippen LogP contribution >= 0.6 is 0 Å². The quantitative estimate of drug-likeness (QED) is 0.385. The van der Waals surface area contributed by atoms with Gasteiger partial charge < -0.3 is 5.21 Å². The fourth-order valence-electron chi connectivity index (χ4n) is 2.33. The number of nitrogens with zero attached hydrogens (tertiary/aromatic N) is 1. The molecule has 62 valence electrons. The van der Waals surface area contributed by atoms with E-state index in [9.17, 15) is 5.21 Å². The average Bonchev–Trinajstić information content (AvgIpc) is 2.40. The second-order valence-corrected chi connectivity index (χ2v) is 3.68. The summed E-state index contributed by atoms with van der Waals surface area (Å²) in [4.78, 5) is 0. The first kappa shape index (κ1) is 7.14. The summed E-state index contributed by atoms with van der Waals surface area (Å²) >= 11 is 0. The van der Waals surface area contributed by atoms with Crippen LogP contribution in [0.4, 0.5) is 0 Å². The second kappa shape index (κ2) is 2.84. The number of rotatable bonds is 0. The molecule has 1 aliphatic heterocycles. The van der Waals surface area contributed by atoms with Crippen LogP contribution in [-0.2, 0) is 0 Å². The van der Waals surface area contributed by atoms with E-state index in [2.05, 4.69) is 0 Å². The number of fused-ring (bicyclic) bond motifs is 1. The van der Waals surface area contributed by atoms with Crippen molar-refractivity contribution in [2.75, 3.05) is 6.54 Å². The summed E-state index contributed by atoms with van der Waals surface area (Å²) in [7, 11) is 0. The Balaban J connectivity index is 2.21. The molecule has 1 atom stereocenters. The zero-order valence-corrected chi connectivity index (χ0v) is 6.88. The summed E-state index contributed by atoms with van der Waals surface area (Å²) in [5.74, 6) is 0.662. The van der Waals surface area contributed by atoms with Gasteiger partial charge in [-0.3, -0.25) is 0 Å². The Morgan fingerprint density at radius 1 is 1.18 bits per heavy atom. The highest BCUT2D eigenvalue weighted by molar-refractivity contribution is 5.84. The van der Waals surface area contributed by atoms with E-state index in [-0.39, 0.29) is 0 Å². The van der Waals surface area contributed by atoms with Crippen molar-refractivity contribution in [1.29, 1.82) is 0 Å². The third-order valence-corrected chi connectivity index (χ3v) is 2.94. The van der Waals surface area contributed by atoms with Crippen molar-refractivity contribution in [1.82, 2.24) is 0 Å². The van der Waals surface area contributed by atoms with Crippen molar-refractivity contribution >= 4 is 5.71 Å². The zero-order valence-electron chi connectivity index (χ0n) is 6.88. The second-order valence-electron chi connectivity index (χ2n) is 3.68. The van der Waals surface area contributed by atoms with Crippen LogP contribution in [0, 0.1) is 11.1 Å². The van der Waals surface area contributed by atoms with Crippen LogP contribution in [0.3, 0.4) is 0 Å². The first-order valence-corrected chi connectivity index (χ1v) is 4.68. The smallest absolute Gasteiger partial charge is 0.166 e. The van der Waals surface area contributed by atoms with E-state index < -0.39 is 0 Å². The standard InChI is InChI=1S/C9H15NO/c11-10-7-2-1-4-8-5-3-6-9(8)10/h8H,1-7H2. The number of hydrogen-bond donors (Lipinski definition) is 0. The van der Waals surface area contributed by atoms with Crippen LogP contribution in [0.15, 0.2) is 0 Å². The molecule has 0 aromatic heterocycles. The van der Waals surface area contributed by atoms with Gasteiger partial charge in [0.1, 0.15) is 0 Å². The van der Waals surface area contributed by atoms with Gasteiger partial charge in [-0.25, -0.2) is 4.74 Å². The summed E-state index contributed by atoms with van der Waals surface area (Å²) < 4.78 is 1.27. The van der Waals surface area contributed by atoms with E-state index in [4.69, 9.17) is 0 Å². The predicted octanol–water partition coefficient (Wildman–Crippen LogP) is 1.92. The molecule has 0 spiro atoms. The van der Waals surface area contributed by atoms with Gasteiger partial charge in [-0.1, -0.05) is 0 Å². The van der Waals surface area contributed by atoms with Gasteiger partial charge in [-0.2, -0.15) is 0 Å². The van der Waals surface area contributed by atoms with Gasteiger partial charge in [-0.05, 0) is 25.7 Å². The molecule has 0 aromatic carbocycles. The van der Waals surface area contributed by atoms with Crippen LogP contribution in [-0.4, -0.2) is 17.0 Å². The Morgan fingerprint density at radius 2 is 2.00 bits per heavy atom. The lowest BCUT2D eigenvalue weighted by Crippen LogP contribution is -2.17. The third-order valence-electron chi connectivity index (χ3n) is 2.94. The van der Waals surface area contributed by atoms with E-state index in [1.54, 1.807) is 0 Å². The minimum Gasteiger partial charge on any atom is -0.624 e. The van der Waals surface area contributed by atoms with Gasteiger partial charge in [0.25, 0.3) is 0 Å². The Hall–Kier alpha value is -0.530. The molecular weight excluding hydrogens is 138 g/mol. The van der Waals surface area contributed by atoms with Crippen molar-refractivity contribution in [3.05, 3.63) is 5.21 Å². The maximum Gasteiger partial charge on any atom is 0.166 e. The maximum atomic E-state index is 11.4. The molecule has 2 heteroatoms. The fraction of sp³-hybridized carbons (Fsp3) is 0.889. The lowest BCUT2D eigenvalue weighted by atomic mass is 10.0. The van der Waals surface area contributed by atoms with Crippen molar-refractivity contribution in [2.24, 2.45) is 5.92 Å². The van der Waals surface area contributed by atoms with E-state index in [0.29, 0.717) is 5.92 Å². The summed E-state index contributed by atoms with van der Waals surface area (Å²) in [5, 5.41) is 11.4. The number of hydrogen-bond acceptors (Lipinski definition) is 1. The molecule has 0 bridgehead atoms. The Bertz CT molecular complexity index is 186. The molecule has 0 aromatic rings. The minimum absolute atomic E-state index is 0.662. The molecule has 0 radical (unpaired) electrons. The molecule has 1 unspecified atom stereocenters. The van der Waals surface area contributed by atoms with Gasteiger partial charge in [0.05, 0.1) is 0 Å². The minimum atomic E-state index is 0.662. The normalized spacial score (nSPS) is 31.8. The molecule has 0 saturated heterocycles. The largest absolute Gasteiger partial charge is 0.624 e. The molecule has 2 nitrogen and oxygen atoms in total. The Kier molecular flexibility index (Phi) is 1.84. The van der Waals surface area contributed by atoms with Gasteiger partial charge in [0.2, 0.25) is 0 Å². The van der Waals surface area contributed by atoms with Crippen LogP contribution in [0.5, 0.6) is 0 Å². The highest BCUT2D eigenvalue weighted by Crippen LogP contribution is 2.28. The summed E-state index contributed by atoms with van der Waals surface area (Å²) in [6, 6.07) is 0. The first-order valence-electron chi connectivity index (χ1n) is 4.68. The van der Waals surface area contributed by atoms with Gasteiger partial charge in [-0.15, -0.1) is 0 Å². The average molecular weight is 153 g/mol.